The fourth-order valence-corrected chi connectivity index (χ4v) is 2.02. The van der Waals surface area contributed by atoms with Crippen molar-refractivity contribution in [2.24, 2.45) is 7.05 Å². The number of hydrogen-bond acceptors (Lipinski definition) is 3. The molecular formula is C13H18N4. The van der Waals surface area contributed by atoms with Gasteiger partial charge in [-0.15, -0.1) is 0 Å². The monoisotopic (exact) mass is 230 g/mol. The molecule has 2 N–H and O–H groups in total. The Morgan fingerprint density at radius 2 is 2.00 bits per heavy atom. The average molecular weight is 230 g/mol. The minimum Gasteiger partial charge on any atom is -0.394 e. The Morgan fingerprint density at radius 3 is 2.53 bits per heavy atom. The molecule has 0 radical (unpaired) electrons. The molecule has 0 bridgehead atoms. The molecule has 0 aliphatic heterocycles. The third-order valence-corrected chi connectivity index (χ3v) is 2.94. The van der Waals surface area contributed by atoms with Crippen LogP contribution in [0.2, 0.25) is 0 Å². The van der Waals surface area contributed by atoms with Gasteiger partial charge in [0.25, 0.3) is 0 Å². The molecule has 2 aromatic rings. The summed E-state index contributed by atoms with van der Waals surface area (Å²) in [6.07, 6.45) is 0. The fourth-order valence-electron chi connectivity index (χ4n) is 2.02. The molecule has 0 aliphatic carbocycles. The van der Waals surface area contributed by atoms with Crippen LogP contribution in [0.5, 0.6) is 0 Å². The maximum absolute atomic E-state index is 6.05. The molecule has 1 aromatic heterocycles. The van der Waals surface area contributed by atoms with Crippen molar-refractivity contribution in [1.29, 1.82) is 0 Å². The van der Waals surface area contributed by atoms with Crippen molar-refractivity contribution in [2.45, 2.75) is 13.8 Å². The van der Waals surface area contributed by atoms with Crippen LogP contribution < -0.4 is 10.6 Å². The van der Waals surface area contributed by atoms with Crippen molar-refractivity contribution in [1.82, 2.24) is 9.78 Å². The molecule has 0 saturated heterocycles. The van der Waals surface area contributed by atoms with Crippen molar-refractivity contribution in [3.63, 3.8) is 0 Å². The molecule has 1 aromatic carbocycles. The summed E-state index contributed by atoms with van der Waals surface area (Å²) in [5, 5.41) is 4.33. The van der Waals surface area contributed by atoms with E-state index in [2.05, 4.69) is 35.1 Å². The molecule has 0 unspecified atom stereocenters. The normalized spacial score (nSPS) is 10.6. The second-order valence-corrected chi connectivity index (χ2v) is 4.34. The molecule has 2 rings (SSSR count). The van der Waals surface area contributed by atoms with Gasteiger partial charge in [0.1, 0.15) is 0 Å². The van der Waals surface area contributed by atoms with Gasteiger partial charge in [0, 0.05) is 19.8 Å². The molecule has 0 saturated carbocycles. The minimum absolute atomic E-state index is 0.733. The summed E-state index contributed by atoms with van der Waals surface area (Å²) in [5.41, 5.74) is 9.99. The van der Waals surface area contributed by atoms with E-state index in [0.29, 0.717) is 0 Å². The lowest BCUT2D eigenvalue weighted by Crippen LogP contribution is -2.15. The first-order chi connectivity index (χ1) is 8.00. The van der Waals surface area contributed by atoms with Crippen molar-refractivity contribution in [3.05, 3.63) is 35.5 Å². The molecule has 4 nitrogen and oxygen atoms in total. The van der Waals surface area contributed by atoms with Crippen LogP contribution in [0.1, 0.15) is 11.3 Å². The fraction of sp³-hybridized carbons (Fsp3) is 0.308. The van der Waals surface area contributed by atoms with Crippen LogP contribution in [-0.4, -0.2) is 16.8 Å². The lowest BCUT2D eigenvalue weighted by atomic mass is 10.2. The number of rotatable bonds is 2. The number of benzene rings is 1. The highest BCUT2D eigenvalue weighted by Gasteiger charge is 2.15. The SMILES string of the molecule is Cc1cccc(N(C)c2c(N)c(C)nn2C)c1. The zero-order chi connectivity index (χ0) is 12.6. The van der Waals surface area contributed by atoms with Gasteiger partial charge in [-0.25, -0.2) is 0 Å². The van der Waals surface area contributed by atoms with E-state index < -0.39 is 0 Å². The quantitative estimate of drug-likeness (QED) is 0.861. The van der Waals surface area contributed by atoms with E-state index in [0.717, 1.165) is 22.9 Å². The highest BCUT2D eigenvalue weighted by molar-refractivity contribution is 5.73. The van der Waals surface area contributed by atoms with Gasteiger partial charge >= 0.3 is 0 Å². The first kappa shape index (κ1) is 11.5. The molecule has 0 aliphatic rings. The standard InChI is InChI=1S/C13H18N4/c1-9-6-5-7-11(8-9)16(3)13-12(14)10(2)15-17(13)4/h5-8H,14H2,1-4H3. The third-order valence-electron chi connectivity index (χ3n) is 2.94. The molecule has 17 heavy (non-hydrogen) atoms. The third kappa shape index (κ3) is 1.98. The summed E-state index contributed by atoms with van der Waals surface area (Å²) < 4.78 is 1.81. The van der Waals surface area contributed by atoms with Crippen molar-refractivity contribution in [3.8, 4) is 0 Å². The summed E-state index contributed by atoms with van der Waals surface area (Å²) in [6, 6.07) is 8.31. The number of aromatic nitrogens is 2. The van der Waals surface area contributed by atoms with Gasteiger partial charge in [-0.1, -0.05) is 12.1 Å². The predicted octanol–water partition coefficient (Wildman–Crippen LogP) is 2.39. The molecule has 0 amide bonds. The van der Waals surface area contributed by atoms with E-state index in [1.54, 1.807) is 0 Å². The largest absolute Gasteiger partial charge is 0.394 e. The van der Waals surface area contributed by atoms with Crippen LogP contribution in [0.25, 0.3) is 0 Å². The Bertz CT molecular complexity index is 542. The van der Waals surface area contributed by atoms with Crippen LogP contribution in [-0.2, 0) is 7.05 Å². The van der Waals surface area contributed by atoms with Crippen LogP contribution in [0.3, 0.4) is 0 Å². The van der Waals surface area contributed by atoms with E-state index >= 15 is 0 Å². The van der Waals surface area contributed by atoms with Crippen molar-refractivity contribution in [2.75, 3.05) is 17.7 Å². The Morgan fingerprint density at radius 1 is 1.29 bits per heavy atom. The predicted molar refractivity (Wildman–Crippen MR) is 71.6 cm³/mol. The second-order valence-electron chi connectivity index (χ2n) is 4.34. The summed E-state index contributed by atoms with van der Waals surface area (Å²) in [6.45, 7) is 4.00. The first-order valence-electron chi connectivity index (χ1n) is 5.60. The van der Waals surface area contributed by atoms with Gasteiger partial charge in [0.2, 0.25) is 0 Å². The summed E-state index contributed by atoms with van der Waals surface area (Å²) >= 11 is 0. The number of nitrogens with two attached hydrogens (primary N) is 1. The Labute approximate surface area is 102 Å². The summed E-state index contributed by atoms with van der Waals surface area (Å²) in [5.74, 6) is 0.924. The number of anilines is 3. The highest BCUT2D eigenvalue weighted by Crippen LogP contribution is 2.30. The minimum atomic E-state index is 0.733. The highest BCUT2D eigenvalue weighted by atomic mass is 15.4. The summed E-state index contributed by atoms with van der Waals surface area (Å²) in [4.78, 5) is 2.06. The van der Waals surface area contributed by atoms with Gasteiger partial charge < -0.3 is 10.6 Å². The number of nitrogen functional groups attached to an aromatic ring is 1. The molecule has 4 heteroatoms. The van der Waals surface area contributed by atoms with Crippen LogP contribution >= 0.6 is 0 Å². The maximum atomic E-state index is 6.05. The molecule has 1 heterocycles. The molecule has 90 valence electrons. The van der Waals surface area contributed by atoms with Crippen molar-refractivity contribution < 1.29 is 0 Å². The van der Waals surface area contributed by atoms with E-state index in [1.807, 2.05) is 31.8 Å². The summed E-state index contributed by atoms with van der Waals surface area (Å²) in [7, 11) is 3.91. The Kier molecular flexibility index (Phi) is 2.79. The number of aryl methyl sites for hydroxylation is 3. The Hall–Kier alpha value is -1.97. The van der Waals surface area contributed by atoms with Gasteiger partial charge in [-0.3, -0.25) is 4.68 Å². The zero-order valence-electron chi connectivity index (χ0n) is 10.7. The second kappa shape index (κ2) is 4.13. The molecular weight excluding hydrogens is 212 g/mol. The number of nitrogens with zero attached hydrogens (tertiary/aromatic N) is 3. The van der Waals surface area contributed by atoms with E-state index in [-0.39, 0.29) is 0 Å². The smallest absolute Gasteiger partial charge is 0.154 e. The van der Waals surface area contributed by atoms with Crippen molar-refractivity contribution >= 4 is 17.2 Å². The zero-order valence-corrected chi connectivity index (χ0v) is 10.7. The van der Waals surface area contributed by atoms with E-state index in [4.69, 9.17) is 5.73 Å². The van der Waals surface area contributed by atoms with E-state index in [9.17, 15) is 0 Å². The maximum Gasteiger partial charge on any atom is 0.154 e. The Balaban J connectivity index is 2.47. The average Bonchev–Trinajstić information content (AvgIpc) is 2.52. The van der Waals surface area contributed by atoms with Gasteiger partial charge in [0.05, 0.1) is 11.4 Å². The molecule has 0 spiro atoms. The molecule has 0 atom stereocenters. The van der Waals surface area contributed by atoms with Gasteiger partial charge in [-0.2, -0.15) is 5.10 Å². The van der Waals surface area contributed by atoms with E-state index in [1.165, 1.54) is 5.56 Å². The lowest BCUT2D eigenvalue weighted by Gasteiger charge is -2.20. The number of hydrogen-bond donors (Lipinski definition) is 1. The lowest BCUT2D eigenvalue weighted by molar-refractivity contribution is 0.750. The van der Waals surface area contributed by atoms with Crippen LogP contribution in [0.4, 0.5) is 17.2 Å². The topological polar surface area (TPSA) is 47.1 Å². The van der Waals surface area contributed by atoms with Gasteiger partial charge in [0.15, 0.2) is 5.82 Å². The molecule has 0 fully saturated rings. The van der Waals surface area contributed by atoms with Crippen LogP contribution in [0, 0.1) is 13.8 Å². The first-order valence-corrected chi connectivity index (χ1v) is 5.60. The van der Waals surface area contributed by atoms with Gasteiger partial charge in [-0.05, 0) is 31.5 Å². The van der Waals surface area contributed by atoms with Crippen LogP contribution in [0.15, 0.2) is 24.3 Å².